The monoisotopic (exact) mass is 343 g/mol. The molecule has 0 saturated heterocycles. The molecule has 2 N–H and O–H groups in total. The van der Waals surface area contributed by atoms with Crippen LogP contribution in [0.15, 0.2) is 48.5 Å². The van der Waals surface area contributed by atoms with Crippen molar-refractivity contribution in [2.45, 2.75) is 13.8 Å². The van der Waals surface area contributed by atoms with E-state index in [0.29, 0.717) is 35.3 Å². The molecule has 0 fully saturated rings. The first kappa shape index (κ1) is 18.3. The van der Waals surface area contributed by atoms with Crippen molar-refractivity contribution in [3.63, 3.8) is 0 Å². The van der Waals surface area contributed by atoms with Gasteiger partial charge in [-0.3, -0.25) is 4.79 Å². The molecular formula is C19H21NO5. The molecule has 0 unspecified atom stereocenters. The Bertz CT molecular complexity index is 725. The van der Waals surface area contributed by atoms with Crippen LogP contribution in [0.25, 0.3) is 0 Å². The molecule has 0 aromatic heterocycles. The highest BCUT2D eigenvalue weighted by Crippen LogP contribution is 2.19. The van der Waals surface area contributed by atoms with Crippen LogP contribution in [-0.4, -0.2) is 30.2 Å². The minimum atomic E-state index is -1.06. The molecule has 0 atom stereocenters. The maximum Gasteiger partial charge on any atom is 0.341 e. The van der Waals surface area contributed by atoms with Crippen LogP contribution in [0.2, 0.25) is 0 Å². The predicted molar refractivity (Wildman–Crippen MR) is 94.3 cm³/mol. The number of rotatable bonds is 8. The molecule has 2 aromatic carbocycles. The van der Waals surface area contributed by atoms with Crippen LogP contribution in [0.5, 0.6) is 11.5 Å². The summed E-state index contributed by atoms with van der Waals surface area (Å²) < 4.78 is 10.7. The number of amides is 1. The number of ether oxygens (including phenoxy) is 2. The van der Waals surface area contributed by atoms with E-state index in [0.717, 1.165) is 0 Å². The summed E-state index contributed by atoms with van der Waals surface area (Å²) in [5.41, 5.74) is 1.02. The molecule has 0 aliphatic carbocycles. The molecule has 6 heteroatoms. The van der Waals surface area contributed by atoms with E-state index in [9.17, 15) is 9.59 Å². The Hall–Kier alpha value is -3.02. The number of hydrogen-bond acceptors (Lipinski definition) is 4. The number of carbonyl (C=O) groups is 2. The molecule has 132 valence electrons. The summed E-state index contributed by atoms with van der Waals surface area (Å²) in [7, 11) is 0. The Labute approximate surface area is 146 Å². The summed E-state index contributed by atoms with van der Waals surface area (Å²) in [6.45, 7) is 4.32. The van der Waals surface area contributed by atoms with E-state index in [1.165, 1.54) is 0 Å². The third-order valence-electron chi connectivity index (χ3n) is 3.15. The minimum absolute atomic E-state index is 0.272. The van der Waals surface area contributed by atoms with Gasteiger partial charge in [0.15, 0.2) is 6.61 Å². The fourth-order valence-corrected chi connectivity index (χ4v) is 1.98. The topological polar surface area (TPSA) is 84.9 Å². The van der Waals surface area contributed by atoms with Gasteiger partial charge in [-0.2, -0.15) is 0 Å². The molecule has 0 heterocycles. The fourth-order valence-electron chi connectivity index (χ4n) is 1.98. The van der Waals surface area contributed by atoms with E-state index >= 15 is 0 Å². The van der Waals surface area contributed by atoms with Crippen molar-refractivity contribution in [3.8, 4) is 11.5 Å². The molecule has 0 aliphatic rings. The molecule has 2 aromatic rings. The van der Waals surface area contributed by atoms with E-state index in [2.05, 4.69) is 19.2 Å². The molecule has 0 aliphatic heterocycles. The van der Waals surface area contributed by atoms with Crippen LogP contribution < -0.4 is 14.8 Å². The zero-order valence-corrected chi connectivity index (χ0v) is 14.2. The fraction of sp³-hybridized carbons (Fsp3) is 0.263. The Kier molecular flexibility index (Phi) is 6.39. The Morgan fingerprint density at radius 3 is 2.40 bits per heavy atom. The highest BCUT2D eigenvalue weighted by Gasteiger charge is 2.08. The molecule has 0 bridgehead atoms. The van der Waals surface area contributed by atoms with Crippen molar-refractivity contribution in [1.29, 1.82) is 0 Å². The van der Waals surface area contributed by atoms with Gasteiger partial charge in [0.25, 0.3) is 5.91 Å². The van der Waals surface area contributed by atoms with Crippen LogP contribution in [-0.2, 0) is 4.79 Å². The molecule has 1 amide bonds. The number of carboxylic acid groups (broad SMARTS) is 1. The maximum atomic E-state index is 12.3. The standard InChI is InChI=1S/C19H21NO5/c1-13(2)11-24-16-8-6-14(7-9-16)19(23)20-15-4-3-5-17(10-15)25-12-18(21)22/h3-10,13H,11-12H2,1-2H3,(H,20,23)(H,21,22). The number of carboxylic acids is 1. The van der Waals surface area contributed by atoms with Crippen molar-refractivity contribution >= 4 is 17.6 Å². The summed E-state index contributed by atoms with van der Waals surface area (Å²) in [6, 6.07) is 13.5. The molecule has 25 heavy (non-hydrogen) atoms. The number of nitrogens with one attached hydrogen (secondary N) is 1. The Morgan fingerprint density at radius 2 is 1.76 bits per heavy atom. The average Bonchev–Trinajstić information content (AvgIpc) is 2.59. The van der Waals surface area contributed by atoms with Gasteiger partial charge in [-0.1, -0.05) is 19.9 Å². The number of carbonyl (C=O) groups excluding carboxylic acids is 1. The number of aliphatic carboxylic acids is 1. The minimum Gasteiger partial charge on any atom is -0.493 e. The number of benzene rings is 2. The van der Waals surface area contributed by atoms with Gasteiger partial charge < -0.3 is 19.9 Å². The van der Waals surface area contributed by atoms with Crippen molar-refractivity contribution < 1.29 is 24.2 Å². The Morgan fingerprint density at radius 1 is 1.04 bits per heavy atom. The maximum absolute atomic E-state index is 12.3. The molecular weight excluding hydrogens is 322 g/mol. The van der Waals surface area contributed by atoms with E-state index in [-0.39, 0.29) is 5.91 Å². The lowest BCUT2D eigenvalue weighted by Crippen LogP contribution is -2.13. The predicted octanol–water partition coefficient (Wildman–Crippen LogP) is 3.44. The second-order valence-electron chi connectivity index (χ2n) is 5.89. The normalized spacial score (nSPS) is 10.4. The largest absolute Gasteiger partial charge is 0.493 e. The smallest absolute Gasteiger partial charge is 0.341 e. The highest BCUT2D eigenvalue weighted by atomic mass is 16.5. The van der Waals surface area contributed by atoms with Gasteiger partial charge >= 0.3 is 5.97 Å². The van der Waals surface area contributed by atoms with Crippen molar-refractivity contribution in [3.05, 3.63) is 54.1 Å². The molecule has 2 rings (SSSR count). The summed E-state index contributed by atoms with van der Waals surface area (Å²) in [5, 5.41) is 11.4. The zero-order valence-electron chi connectivity index (χ0n) is 14.2. The lowest BCUT2D eigenvalue weighted by Gasteiger charge is -2.10. The van der Waals surface area contributed by atoms with Crippen LogP contribution in [0.4, 0.5) is 5.69 Å². The number of hydrogen-bond donors (Lipinski definition) is 2. The summed E-state index contributed by atoms with van der Waals surface area (Å²) in [4.78, 5) is 22.8. The van der Waals surface area contributed by atoms with E-state index < -0.39 is 12.6 Å². The van der Waals surface area contributed by atoms with Gasteiger partial charge in [-0.15, -0.1) is 0 Å². The molecule has 0 spiro atoms. The first-order chi connectivity index (χ1) is 11.9. The molecule has 0 radical (unpaired) electrons. The van der Waals surface area contributed by atoms with E-state index in [1.807, 2.05) is 0 Å². The van der Waals surface area contributed by atoms with Gasteiger partial charge in [0.1, 0.15) is 11.5 Å². The first-order valence-electron chi connectivity index (χ1n) is 7.93. The van der Waals surface area contributed by atoms with Gasteiger partial charge in [0.05, 0.1) is 6.61 Å². The van der Waals surface area contributed by atoms with Crippen LogP contribution in [0, 0.1) is 5.92 Å². The van der Waals surface area contributed by atoms with Crippen LogP contribution in [0.1, 0.15) is 24.2 Å². The summed E-state index contributed by atoms with van der Waals surface area (Å²) >= 11 is 0. The van der Waals surface area contributed by atoms with Crippen LogP contribution in [0.3, 0.4) is 0 Å². The zero-order chi connectivity index (χ0) is 18.2. The summed E-state index contributed by atoms with van der Waals surface area (Å²) in [5.74, 6) is 0.186. The average molecular weight is 343 g/mol. The quantitative estimate of drug-likeness (QED) is 0.767. The van der Waals surface area contributed by atoms with Gasteiger partial charge in [-0.05, 0) is 42.3 Å². The lowest BCUT2D eigenvalue weighted by atomic mass is 10.2. The second-order valence-corrected chi connectivity index (χ2v) is 5.89. The Balaban J connectivity index is 1.97. The van der Waals surface area contributed by atoms with Gasteiger partial charge in [0.2, 0.25) is 0 Å². The first-order valence-corrected chi connectivity index (χ1v) is 7.93. The van der Waals surface area contributed by atoms with E-state index in [4.69, 9.17) is 14.6 Å². The van der Waals surface area contributed by atoms with Gasteiger partial charge in [0, 0.05) is 17.3 Å². The SMILES string of the molecule is CC(C)COc1ccc(C(=O)Nc2cccc(OCC(=O)O)c2)cc1. The molecule has 6 nitrogen and oxygen atoms in total. The lowest BCUT2D eigenvalue weighted by molar-refractivity contribution is -0.139. The van der Waals surface area contributed by atoms with Crippen molar-refractivity contribution in [2.24, 2.45) is 5.92 Å². The van der Waals surface area contributed by atoms with Gasteiger partial charge in [-0.25, -0.2) is 4.79 Å². The number of anilines is 1. The summed E-state index contributed by atoms with van der Waals surface area (Å²) in [6.07, 6.45) is 0. The molecule has 0 saturated carbocycles. The van der Waals surface area contributed by atoms with Crippen molar-refractivity contribution in [2.75, 3.05) is 18.5 Å². The second kappa shape index (κ2) is 8.73. The third-order valence-corrected chi connectivity index (χ3v) is 3.15. The van der Waals surface area contributed by atoms with E-state index in [1.54, 1.807) is 48.5 Å². The third kappa shape index (κ3) is 6.18. The van der Waals surface area contributed by atoms with Crippen molar-refractivity contribution in [1.82, 2.24) is 0 Å². The van der Waals surface area contributed by atoms with Crippen LogP contribution >= 0.6 is 0 Å². The highest BCUT2D eigenvalue weighted by molar-refractivity contribution is 6.04.